The molecule has 4 N–H and O–H groups in total. The van der Waals surface area contributed by atoms with Gasteiger partial charge in [0.05, 0.1) is 0 Å². The van der Waals surface area contributed by atoms with Gasteiger partial charge in [-0.1, -0.05) is 13.3 Å². The molecule has 0 radical (unpaired) electrons. The van der Waals surface area contributed by atoms with Crippen LogP contribution in [-0.2, 0) is 4.79 Å². The van der Waals surface area contributed by atoms with Gasteiger partial charge in [0.15, 0.2) is 0 Å². The number of hydrazine groups is 1. The molecule has 0 saturated heterocycles. The van der Waals surface area contributed by atoms with Crippen molar-refractivity contribution in [2.75, 3.05) is 0 Å². The predicted molar refractivity (Wildman–Crippen MR) is 34.0 cm³/mol. The van der Waals surface area contributed by atoms with Crippen LogP contribution in [-0.4, -0.2) is 6.29 Å². The molecular formula is C5H14N2O. The molecule has 0 rings (SSSR count). The number of carbonyl (C=O) groups excluding carboxylic acids is 1. The number of unbranched alkanes of at least 4 members (excludes halogenated alkanes) is 2. The Hall–Kier alpha value is -0.410. The molecule has 0 bridgehead atoms. The average Bonchev–Trinajstić information content (AvgIpc) is 1.88. The standard InChI is InChI=1S/C5H10O.H4N2/c1-2-3-4-5-6;1-2/h5H,2-4H2,1H3;1-2H2. The maximum absolute atomic E-state index is 9.56. The van der Waals surface area contributed by atoms with E-state index in [0.717, 1.165) is 25.5 Å². The molecule has 0 aliphatic heterocycles. The summed E-state index contributed by atoms with van der Waals surface area (Å²) in [6.07, 6.45) is 3.86. The van der Waals surface area contributed by atoms with Gasteiger partial charge in [-0.2, -0.15) is 0 Å². The van der Waals surface area contributed by atoms with Gasteiger partial charge >= 0.3 is 0 Å². The molecule has 0 aromatic rings. The SMILES string of the molecule is CCCCC=O.NN. The van der Waals surface area contributed by atoms with Crippen LogP contribution < -0.4 is 11.7 Å². The summed E-state index contributed by atoms with van der Waals surface area (Å²) < 4.78 is 0. The van der Waals surface area contributed by atoms with Gasteiger partial charge in [0, 0.05) is 6.42 Å². The lowest BCUT2D eigenvalue weighted by molar-refractivity contribution is -0.107. The monoisotopic (exact) mass is 118 g/mol. The second-order valence-corrected chi connectivity index (χ2v) is 1.31. The molecule has 0 heterocycles. The van der Waals surface area contributed by atoms with Crippen LogP contribution in [0.4, 0.5) is 0 Å². The summed E-state index contributed by atoms with van der Waals surface area (Å²) in [5, 5.41) is 0. The van der Waals surface area contributed by atoms with Crippen molar-refractivity contribution < 1.29 is 4.79 Å². The lowest BCUT2D eigenvalue weighted by atomic mass is 10.3. The van der Waals surface area contributed by atoms with Crippen LogP contribution in [0.2, 0.25) is 0 Å². The van der Waals surface area contributed by atoms with E-state index in [0.29, 0.717) is 0 Å². The summed E-state index contributed by atoms with van der Waals surface area (Å²) in [7, 11) is 0. The van der Waals surface area contributed by atoms with Crippen molar-refractivity contribution in [1.29, 1.82) is 0 Å². The Morgan fingerprint density at radius 3 is 2.12 bits per heavy atom. The summed E-state index contributed by atoms with van der Waals surface area (Å²) in [4.78, 5) is 9.56. The predicted octanol–water partition coefficient (Wildman–Crippen LogP) is 0.194. The molecule has 0 aromatic heterocycles. The summed E-state index contributed by atoms with van der Waals surface area (Å²) in [6, 6.07) is 0. The van der Waals surface area contributed by atoms with Crippen molar-refractivity contribution in [1.82, 2.24) is 0 Å². The van der Waals surface area contributed by atoms with Crippen LogP contribution >= 0.6 is 0 Å². The smallest absolute Gasteiger partial charge is 0.119 e. The highest BCUT2D eigenvalue weighted by Crippen LogP contribution is 1.87. The molecule has 0 amide bonds. The molecule has 0 unspecified atom stereocenters. The summed E-state index contributed by atoms with van der Waals surface area (Å²) in [6.45, 7) is 2.07. The minimum absolute atomic E-state index is 0.733. The minimum Gasteiger partial charge on any atom is -0.303 e. The number of aldehydes is 1. The first kappa shape index (κ1) is 10.5. The van der Waals surface area contributed by atoms with Crippen LogP contribution in [0, 0.1) is 0 Å². The van der Waals surface area contributed by atoms with Gasteiger partial charge < -0.3 is 4.79 Å². The summed E-state index contributed by atoms with van der Waals surface area (Å²) in [5.74, 6) is 8.00. The fourth-order valence-electron chi connectivity index (χ4n) is 0.287. The lowest BCUT2D eigenvalue weighted by Crippen LogP contribution is -2.02. The van der Waals surface area contributed by atoms with Crippen LogP contribution in [0.3, 0.4) is 0 Å². The molecule has 8 heavy (non-hydrogen) atoms. The van der Waals surface area contributed by atoms with Gasteiger partial charge in [0.2, 0.25) is 0 Å². The molecule has 50 valence electrons. The van der Waals surface area contributed by atoms with Crippen molar-refractivity contribution in [3.8, 4) is 0 Å². The van der Waals surface area contributed by atoms with E-state index in [2.05, 4.69) is 18.6 Å². The first-order valence-electron chi connectivity index (χ1n) is 2.68. The molecule has 0 atom stereocenters. The van der Waals surface area contributed by atoms with Crippen LogP contribution in [0.15, 0.2) is 0 Å². The molecule has 0 aliphatic carbocycles. The largest absolute Gasteiger partial charge is 0.303 e. The molecule has 0 aromatic carbocycles. The Labute approximate surface area is 50.0 Å². The first-order valence-corrected chi connectivity index (χ1v) is 2.68. The van der Waals surface area contributed by atoms with Gasteiger partial charge in [-0.15, -0.1) is 0 Å². The van der Waals surface area contributed by atoms with Crippen LogP contribution in [0.25, 0.3) is 0 Å². The second kappa shape index (κ2) is 16.0. The average molecular weight is 118 g/mol. The second-order valence-electron chi connectivity index (χ2n) is 1.31. The number of hydrogen-bond donors (Lipinski definition) is 2. The van der Waals surface area contributed by atoms with E-state index in [1.165, 1.54) is 0 Å². The topological polar surface area (TPSA) is 69.1 Å². The van der Waals surface area contributed by atoms with Gasteiger partial charge in [0.1, 0.15) is 6.29 Å². The van der Waals surface area contributed by atoms with E-state index < -0.39 is 0 Å². The first-order chi connectivity index (χ1) is 3.91. The normalized spacial score (nSPS) is 6.88. The molecule has 3 heteroatoms. The number of rotatable bonds is 3. The molecule has 0 spiro atoms. The molecule has 3 nitrogen and oxygen atoms in total. The lowest BCUT2D eigenvalue weighted by Gasteiger charge is -1.79. The Morgan fingerprint density at radius 2 is 2.00 bits per heavy atom. The van der Waals surface area contributed by atoms with Crippen LogP contribution in [0.1, 0.15) is 26.2 Å². The van der Waals surface area contributed by atoms with Gasteiger partial charge in [-0.3, -0.25) is 11.7 Å². The van der Waals surface area contributed by atoms with E-state index in [1.54, 1.807) is 0 Å². The minimum atomic E-state index is 0.733. The quantitative estimate of drug-likeness (QED) is 0.240. The third-order valence-corrected chi connectivity index (χ3v) is 0.676. The third kappa shape index (κ3) is 17.6. The molecule has 0 saturated carbocycles. The Balaban J connectivity index is 0. The van der Waals surface area contributed by atoms with Crippen molar-refractivity contribution in [2.45, 2.75) is 26.2 Å². The third-order valence-electron chi connectivity index (χ3n) is 0.676. The van der Waals surface area contributed by atoms with Crippen molar-refractivity contribution in [3.63, 3.8) is 0 Å². The number of hydrogen-bond acceptors (Lipinski definition) is 3. The van der Waals surface area contributed by atoms with Crippen LogP contribution in [0.5, 0.6) is 0 Å². The van der Waals surface area contributed by atoms with Crippen molar-refractivity contribution >= 4 is 6.29 Å². The number of nitrogens with two attached hydrogens (primary N) is 2. The maximum atomic E-state index is 9.56. The summed E-state index contributed by atoms with van der Waals surface area (Å²) >= 11 is 0. The fourth-order valence-corrected chi connectivity index (χ4v) is 0.287. The van der Waals surface area contributed by atoms with E-state index in [-0.39, 0.29) is 0 Å². The van der Waals surface area contributed by atoms with E-state index in [1.807, 2.05) is 0 Å². The highest BCUT2D eigenvalue weighted by molar-refractivity contribution is 5.48. The van der Waals surface area contributed by atoms with Crippen molar-refractivity contribution in [3.05, 3.63) is 0 Å². The van der Waals surface area contributed by atoms with E-state index >= 15 is 0 Å². The highest BCUT2D eigenvalue weighted by atomic mass is 16.1. The van der Waals surface area contributed by atoms with Gasteiger partial charge in [-0.05, 0) is 6.42 Å². The van der Waals surface area contributed by atoms with E-state index in [9.17, 15) is 4.79 Å². The zero-order chi connectivity index (χ0) is 6.83. The fraction of sp³-hybridized carbons (Fsp3) is 0.800. The zero-order valence-electron chi connectivity index (χ0n) is 5.26. The van der Waals surface area contributed by atoms with Crippen molar-refractivity contribution in [2.24, 2.45) is 11.7 Å². The molecule has 0 fully saturated rings. The Kier molecular flexibility index (Phi) is 21.1. The Bertz CT molecular complexity index is 39.4. The Morgan fingerprint density at radius 1 is 1.50 bits per heavy atom. The highest BCUT2D eigenvalue weighted by Gasteiger charge is 1.74. The molecule has 0 aliphatic rings. The summed E-state index contributed by atoms with van der Waals surface area (Å²) in [5.41, 5.74) is 0. The maximum Gasteiger partial charge on any atom is 0.119 e. The van der Waals surface area contributed by atoms with Gasteiger partial charge in [-0.25, -0.2) is 0 Å². The van der Waals surface area contributed by atoms with E-state index in [4.69, 9.17) is 0 Å². The zero-order valence-corrected chi connectivity index (χ0v) is 5.26. The molecular weight excluding hydrogens is 104 g/mol. The van der Waals surface area contributed by atoms with Gasteiger partial charge in [0.25, 0.3) is 0 Å². The number of carbonyl (C=O) groups is 1.